The van der Waals surface area contributed by atoms with E-state index >= 15 is 0 Å². The van der Waals surface area contributed by atoms with Crippen molar-refractivity contribution in [1.29, 1.82) is 0 Å². The first-order valence-electron chi connectivity index (χ1n) is 34.5. The molecular formula is C94H75BN2S. The summed E-state index contributed by atoms with van der Waals surface area (Å²) in [7, 11) is 0. The summed E-state index contributed by atoms with van der Waals surface area (Å²) in [5.74, 6) is 0. The van der Waals surface area contributed by atoms with Crippen LogP contribution in [0.2, 0.25) is 0 Å². The van der Waals surface area contributed by atoms with Gasteiger partial charge in [0.15, 0.2) is 0 Å². The average Bonchev–Trinajstić information content (AvgIpc) is 0.754. The summed E-state index contributed by atoms with van der Waals surface area (Å²) >= 11 is 1.90. The maximum Gasteiger partial charge on any atom is 0.252 e. The minimum Gasteiger partial charge on any atom is -0.310 e. The smallest absolute Gasteiger partial charge is 0.252 e. The van der Waals surface area contributed by atoms with Crippen LogP contribution in [0.5, 0.6) is 0 Å². The van der Waals surface area contributed by atoms with Gasteiger partial charge in [-0.15, -0.1) is 11.3 Å². The fraction of sp³-hybridized carbons (Fsp3) is 0.106. The number of fused-ring (bicyclic) bond motifs is 7. The molecule has 15 aromatic rings. The Kier molecular flexibility index (Phi) is 14.8. The van der Waals surface area contributed by atoms with Crippen molar-refractivity contribution in [3.63, 3.8) is 0 Å². The van der Waals surface area contributed by atoms with Crippen molar-refractivity contribution < 1.29 is 0 Å². The predicted octanol–water partition coefficient (Wildman–Crippen LogP) is 24.6. The highest BCUT2D eigenvalue weighted by Gasteiger charge is 2.46. The number of hydrogen-bond acceptors (Lipinski definition) is 3. The second-order valence-electron chi connectivity index (χ2n) is 28.3. The molecule has 0 N–H and O–H groups in total. The van der Waals surface area contributed by atoms with Gasteiger partial charge in [0.2, 0.25) is 0 Å². The molecule has 0 fully saturated rings. The van der Waals surface area contributed by atoms with Crippen LogP contribution in [0.25, 0.3) is 109 Å². The van der Waals surface area contributed by atoms with Gasteiger partial charge in [-0.2, -0.15) is 0 Å². The summed E-state index contributed by atoms with van der Waals surface area (Å²) in [4.78, 5) is 5.44. The van der Waals surface area contributed by atoms with Crippen molar-refractivity contribution in [3.8, 4) is 89.0 Å². The summed E-state index contributed by atoms with van der Waals surface area (Å²) < 4.78 is 2.60. The number of thiophene rings is 1. The van der Waals surface area contributed by atoms with E-state index in [1.54, 1.807) is 0 Å². The lowest BCUT2D eigenvalue weighted by Gasteiger charge is -2.46. The van der Waals surface area contributed by atoms with Gasteiger partial charge in [0.1, 0.15) is 0 Å². The fourth-order valence-corrected chi connectivity index (χ4v) is 17.8. The Labute approximate surface area is 581 Å². The molecule has 2 aliphatic rings. The van der Waals surface area contributed by atoms with E-state index in [1.165, 1.54) is 131 Å². The van der Waals surface area contributed by atoms with Crippen molar-refractivity contribution in [3.05, 3.63) is 330 Å². The number of benzene rings is 14. The maximum absolute atomic E-state index is 2.72. The maximum atomic E-state index is 2.72. The first-order chi connectivity index (χ1) is 47.7. The molecule has 0 saturated heterocycles. The zero-order valence-electron chi connectivity index (χ0n) is 57.1. The predicted molar refractivity (Wildman–Crippen MR) is 424 cm³/mol. The summed E-state index contributed by atoms with van der Waals surface area (Å²) in [6.45, 7) is 20.5. The molecule has 2 nitrogen and oxygen atoms in total. The summed E-state index contributed by atoms with van der Waals surface area (Å²) in [6.07, 6.45) is 0. The third kappa shape index (κ3) is 10.2. The molecule has 0 saturated carbocycles. The lowest BCUT2D eigenvalue weighted by Crippen LogP contribution is -2.61. The molecular weight excluding hydrogens is 1200 g/mol. The highest BCUT2D eigenvalue weighted by Crippen LogP contribution is 2.56. The van der Waals surface area contributed by atoms with Crippen LogP contribution in [0.4, 0.5) is 34.1 Å². The van der Waals surface area contributed by atoms with Gasteiger partial charge < -0.3 is 9.80 Å². The Morgan fingerprint density at radius 2 is 0.673 bits per heavy atom. The molecule has 0 atom stereocenters. The molecule has 0 bridgehead atoms. The molecule has 4 heteroatoms. The van der Waals surface area contributed by atoms with Crippen LogP contribution in [0.15, 0.2) is 291 Å². The SMILES string of the molecule is Cc1cc(C)c(-c2cc(-c3ccccc3)c(N3c4ccc(-c5ccccc5)cc4B4c5cc(-c6cccc7c6sc6ccccc67)ccc5N(c5c(-c6ccccc6)cc(-c6c(C)cc(C)cc6C)cc5-c5ccccc5)c5cc(C(C)(C)C)cc3c54)c(-c3ccccc3)c2)c(C)c1. The highest BCUT2D eigenvalue weighted by molar-refractivity contribution is 7.26. The van der Waals surface area contributed by atoms with Crippen LogP contribution in [-0.4, -0.2) is 6.71 Å². The first kappa shape index (κ1) is 60.6. The molecule has 14 aromatic carbocycles. The second kappa shape index (κ2) is 24.0. The van der Waals surface area contributed by atoms with Crippen molar-refractivity contribution >= 4 is 88.7 Å². The van der Waals surface area contributed by atoms with Crippen molar-refractivity contribution in [2.75, 3.05) is 9.80 Å². The molecule has 1 aromatic heterocycles. The largest absolute Gasteiger partial charge is 0.310 e. The normalized spacial score (nSPS) is 12.5. The Morgan fingerprint density at radius 1 is 0.296 bits per heavy atom. The van der Waals surface area contributed by atoms with E-state index in [9.17, 15) is 0 Å². The van der Waals surface area contributed by atoms with E-state index in [0.29, 0.717) is 0 Å². The zero-order valence-corrected chi connectivity index (χ0v) is 57.9. The molecule has 2 aliphatic heterocycles. The Bertz CT molecular complexity index is 5480. The Morgan fingerprint density at radius 3 is 1.10 bits per heavy atom. The molecule has 470 valence electrons. The highest BCUT2D eigenvalue weighted by atomic mass is 32.1. The fourth-order valence-electron chi connectivity index (χ4n) is 16.5. The van der Waals surface area contributed by atoms with Crippen molar-refractivity contribution in [2.24, 2.45) is 0 Å². The van der Waals surface area contributed by atoms with Crippen LogP contribution < -0.4 is 26.2 Å². The zero-order chi connectivity index (χ0) is 66.7. The summed E-state index contributed by atoms with van der Waals surface area (Å²) in [6, 6.07) is 111. The molecule has 0 aliphatic carbocycles. The standard InChI is InChI=1S/C94H75BN2S/c1-58-46-60(3)88(61(4)47-58)71-50-77(65-30-17-11-18-31-65)91(78(51-71)66-32-19-12-20-33-66)96-83-44-42-69(64-28-15-10-16-29-64)54-81(83)95-82-55-70(74-39-27-40-76-75-38-25-26-41-87(75)98-93(74)76)43-45-84(82)97(86-57-73(94(7,8)9)56-85(96)90(86)95)92-79(67-34-21-13-22-35-67)52-72(53-80(92)68-36-23-14-24-37-68)89-62(5)48-59(2)49-63(89)6/h10-57H,1-9H3. The third-order valence-electron chi connectivity index (χ3n) is 20.7. The Hall–Kier alpha value is -11.0. The lowest BCUT2D eigenvalue weighted by atomic mass is 9.33. The van der Waals surface area contributed by atoms with E-state index in [0.717, 1.165) is 67.3 Å². The van der Waals surface area contributed by atoms with E-state index in [4.69, 9.17) is 0 Å². The number of anilines is 6. The van der Waals surface area contributed by atoms with Crippen LogP contribution in [0.3, 0.4) is 0 Å². The number of aryl methyl sites for hydroxylation is 6. The monoisotopic (exact) mass is 1270 g/mol. The van der Waals surface area contributed by atoms with Gasteiger partial charge in [-0.1, -0.05) is 268 Å². The average molecular weight is 1280 g/mol. The van der Waals surface area contributed by atoms with Crippen molar-refractivity contribution in [1.82, 2.24) is 0 Å². The van der Waals surface area contributed by atoms with Gasteiger partial charge in [-0.05, 0) is 213 Å². The minimum absolute atomic E-state index is 0.230. The van der Waals surface area contributed by atoms with Crippen LogP contribution in [-0.2, 0) is 5.41 Å². The molecule has 0 amide bonds. The molecule has 0 spiro atoms. The summed E-state index contributed by atoms with van der Waals surface area (Å²) in [5.41, 5.74) is 38.2. The molecule has 3 heterocycles. The van der Waals surface area contributed by atoms with E-state index in [1.807, 2.05) is 11.3 Å². The van der Waals surface area contributed by atoms with E-state index in [2.05, 4.69) is 363 Å². The van der Waals surface area contributed by atoms with Crippen LogP contribution >= 0.6 is 11.3 Å². The topological polar surface area (TPSA) is 6.48 Å². The molecule has 98 heavy (non-hydrogen) atoms. The van der Waals surface area contributed by atoms with Gasteiger partial charge in [-0.3, -0.25) is 0 Å². The van der Waals surface area contributed by atoms with Gasteiger partial charge >= 0.3 is 0 Å². The molecule has 0 unspecified atom stereocenters. The van der Waals surface area contributed by atoms with E-state index < -0.39 is 0 Å². The van der Waals surface area contributed by atoms with Gasteiger partial charge in [0.05, 0.1) is 11.4 Å². The Balaban J connectivity index is 1.06. The minimum atomic E-state index is -0.299. The van der Waals surface area contributed by atoms with Crippen LogP contribution in [0.1, 0.15) is 59.7 Å². The second-order valence-corrected chi connectivity index (χ2v) is 29.4. The third-order valence-corrected chi connectivity index (χ3v) is 21.9. The molecule has 17 rings (SSSR count). The van der Waals surface area contributed by atoms with Gasteiger partial charge in [0, 0.05) is 65.2 Å². The van der Waals surface area contributed by atoms with E-state index in [-0.39, 0.29) is 12.1 Å². The lowest BCUT2D eigenvalue weighted by molar-refractivity contribution is 0.590. The summed E-state index contributed by atoms with van der Waals surface area (Å²) in [5, 5.41) is 2.59. The van der Waals surface area contributed by atoms with Gasteiger partial charge in [-0.25, -0.2) is 0 Å². The van der Waals surface area contributed by atoms with Crippen LogP contribution in [0, 0.1) is 41.5 Å². The number of nitrogens with zero attached hydrogens (tertiary/aromatic N) is 2. The first-order valence-corrected chi connectivity index (χ1v) is 35.3. The number of hydrogen-bond donors (Lipinski definition) is 0. The van der Waals surface area contributed by atoms with Crippen molar-refractivity contribution in [2.45, 2.75) is 67.7 Å². The van der Waals surface area contributed by atoms with Gasteiger partial charge in [0.25, 0.3) is 6.71 Å². The molecule has 0 radical (unpaired) electrons. The number of rotatable bonds is 10. The quantitative estimate of drug-likeness (QED) is 0.126.